The summed E-state index contributed by atoms with van der Waals surface area (Å²) in [7, 11) is 0. The number of para-hydroxylation sites is 3. The average molecular weight is 715 g/mol. The highest BCUT2D eigenvalue weighted by Gasteiger charge is 2.26. The second-order valence-electron chi connectivity index (χ2n) is 14.1. The Kier molecular flexibility index (Phi) is 8.55. The molecule has 0 saturated carbocycles. The largest absolute Gasteiger partial charge is 0.309 e. The Balaban J connectivity index is 1.33. The molecular weight excluding hydrogens is 677 g/mol. The van der Waals surface area contributed by atoms with E-state index in [1.54, 1.807) is 0 Å². The van der Waals surface area contributed by atoms with Crippen LogP contribution in [0.4, 0.5) is 17.1 Å². The highest BCUT2D eigenvalue weighted by Crippen LogP contribution is 2.51. The van der Waals surface area contributed by atoms with Crippen molar-refractivity contribution in [3.05, 3.63) is 231 Å². The second kappa shape index (κ2) is 14.4. The van der Waals surface area contributed by atoms with E-state index in [1.165, 1.54) is 44.2 Å². The zero-order valence-corrected chi connectivity index (χ0v) is 30.8. The van der Waals surface area contributed by atoms with Gasteiger partial charge in [0.1, 0.15) is 0 Å². The number of anilines is 3. The normalized spacial score (nSPS) is 11.2. The summed E-state index contributed by atoms with van der Waals surface area (Å²) in [6.45, 7) is 0. The number of rotatable bonds is 8. The standard InChI is InChI=1S/C54H38N2/c1-5-21-39(22-6-1)43-29-13-16-33-47(43)55-49-35-18-15-31-46(49)54-51(55)37-20-38-52(54)56(48-34-17-14-30-44(48)40-23-7-2-8-24-40)50-36-19-32-45(41-25-9-3-10-26-41)53(50)42-27-11-4-12-28-42/h1-38H. The minimum absolute atomic E-state index is 1.11. The molecule has 0 atom stereocenters. The molecule has 1 aromatic heterocycles. The number of fused-ring (bicyclic) bond motifs is 3. The van der Waals surface area contributed by atoms with Gasteiger partial charge in [0.25, 0.3) is 0 Å². The van der Waals surface area contributed by atoms with Gasteiger partial charge in [-0.25, -0.2) is 0 Å². The monoisotopic (exact) mass is 714 g/mol. The van der Waals surface area contributed by atoms with Crippen molar-refractivity contribution in [2.75, 3.05) is 4.90 Å². The highest BCUT2D eigenvalue weighted by molar-refractivity contribution is 6.18. The van der Waals surface area contributed by atoms with Crippen LogP contribution in [0.25, 0.3) is 72.0 Å². The SMILES string of the molecule is c1ccc(-c2ccccc2N(c2cccc(-c3ccccc3)c2-c2ccccc2)c2cccc3c2c2ccccc2n3-c2ccccc2-c2ccccc2)cc1. The Bertz CT molecular complexity index is 2950. The molecule has 2 heteroatoms. The van der Waals surface area contributed by atoms with E-state index >= 15 is 0 Å². The lowest BCUT2D eigenvalue weighted by molar-refractivity contribution is 1.18. The van der Waals surface area contributed by atoms with E-state index in [2.05, 4.69) is 240 Å². The van der Waals surface area contributed by atoms with Crippen molar-refractivity contribution in [1.29, 1.82) is 0 Å². The number of aromatic nitrogens is 1. The van der Waals surface area contributed by atoms with Crippen LogP contribution in [0, 0.1) is 0 Å². The number of hydrogen-bond acceptors (Lipinski definition) is 1. The lowest BCUT2D eigenvalue weighted by Crippen LogP contribution is -2.13. The molecule has 9 aromatic carbocycles. The topological polar surface area (TPSA) is 8.17 Å². The first-order valence-electron chi connectivity index (χ1n) is 19.2. The fourth-order valence-corrected chi connectivity index (χ4v) is 8.39. The van der Waals surface area contributed by atoms with Crippen molar-refractivity contribution >= 4 is 38.9 Å². The van der Waals surface area contributed by atoms with Crippen molar-refractivity contribution in [2.45, 2.75) is 0 Å². The maximum Gasteiger partial charge on any atom is 0.0562 e. The molecule has 0 aliphatic heterocycles. The first-order chi connectivity index (χ1) is 27.8. The van der Waals surface area contributed by atoms with E-state index in [4.69, 9.17) is 0 Å². The van der Waals surface area contributed by atoms with Crippen LogP contribution in [0.15, 0.2) is 231 Å². The molecule has 0 bridgehead atoms. The predicted octanol–water partition coefficient (Wildman–Crippen LogP) is 14.9. The summed E-state index contributed by atoms with van der Waals surface area (Å²) in [5.41, 5.74) is 16.2. The van der Waals surface area contributed by atoms with Gasteiger partial charge in [-0.1, -0.05) is 194 Å². The van der Waals surface area contributed by atoms with Crippen LogP contribution < -0.4 is 4.90 Å². The molecule has 0 spiro atoms. The molecule has 0 aliphatic rings. The number of hydrogen-bond donors (Lipinski definition) is 0. The van der Waals surface area contributed by atoms with Crippen molar-refractivity contribution in [1.82, 2.24) is 4.57 Å². The predicted molar refractivity (Wildman–Crippen MR) is 237 cm³/mol. The lowest BCUT2D eigenvalue weighted by Gasteiger charge is -2.31. The maximum absolute atomic E-state index is 2.51. The third kappa shape index (κ3) is 5.76. The van der Waals surface area contributed by atoms with Gasteiger partial charge in [-0.2, -0.15) is 0 Å². The van der Waals surface area contributed by atoms with Crippen molar-refractivity contribution in [2.24, 2.45) is 0 Å². The van der Waals surface area contributed by atoms with Gasteiger partial charge >= 0.3 is 0 Å². The molecule has 0 amide bonds. The van der Waals surface area contributed by atoms with Gasteiger partial charge < -0.3 is 9.47 Å². The molecule has 0 N–H and O–H groups in total. The summed E-state index contributed by atoms with van der Waals surface area (Å²) in [4.78, 5) is 2.51. The maximum atomic E-state index is 2.51. The number of benzene rings is 9. The molecule has 1 heterocycles. The molecule has 56 heavy (non-hydrogen) atoms. The van der Waals surface area contributed by atoms with Crippen LogP contribution >= 0.6 is 0 Å². The van der Waals surface area contributed by atoms with Crippen LogP contribution in [0.5, 0.6) is 0 Å². The van der Waals surface area contributed by atoms with Crippen LogP contribution in [0.1, 0.15) is 0 Å². The van der Waals surface area contributed by atoms with E-state index in [9.17, 15) is 0 Å². The van der Waals surface area contributed by atoms with E-state index in [1.807, 2.05) is 0 Å². The van der Waals surface area contributed by atoms with Gasteiger partial charge in [0.05, 0.1) is 33.8 Å². The summed E-state index contributed by atoms with van der Waals surface area (Å²) in [5.74, 6) is 0. The molecule has 0 fully saturated rings. The van der Waals surface area contributed by atoms with E-state index in [-0.39, 0.29) is 0 Å². The molecule has 0 saturated heterocycles. The highest BCUT2D eigenvalue weighted by atomic mass is 15.2. The van der Waals surface area contributed by atoms with Gasteiger partial charge in [-0.3, -0.25) is 0 Å². The fourth-order valence-electron chi connectivity index (χ4n) is 8.39. The first kappa shape index (κ1) is 33.2. The summed E-state index contributed by atoms with van der Waals surface area (Å²) >= 11 is 0. The summed E-state index contributed by atoms with van der Waals surface area (Å²) in [6.07, 6.45) is 0. The molecule has 10 aromatic rings. The molecule has 2 nitrogen and oxygen atoms in total. The van der Waals surface area contributed by atoms with Crippen LogP contribution in [0.3, 0.4) is 0 Å². The minimum atomic E-state index is 1.11. The zero-order chi connectivity index (χ0) is 37.3. The Hall–Kier alpha value is -7.42. The third-order valence-corrected chi connectivity index (χ3v) is 10.8. The Morgan fingerprint density at radius 3 is 1.43 bits per heavy atom. The molecule has 0 radical (unpaired) electrons. The summed E-state index contributed by atoms with van der Waals surface area (Å²) < 4.78 is 2.45. The van der Waals surface area contributed by atoms with Gasteiger partial charge in [0, 0.05) is 27.5 Å². The Labute approximate surface area is 327 Å². The fraction of sp³-hybridized carbons (Fsp3) is 0. The first-order valence-corrected chi connectivity index (χ1v) is 19.2. The van der Waals surface area contributed by atoms with E-state index in [0.717, 1.165) is 44.9 Å². The van der Waals surface area contributed by atoms with Crippen LogP contribution in [-0.4, -0.2) is 4.57 Å². The smallest absolute Gasteiger partial charge is 0.0562 e. The molecule has 0 aliphatic carbocycles. The number of nitrogens with zero attached hydrogens (tertiary/aromatic N) is 2. The van der Waals surface area contributed by atoms with Gasteiger partial charge in [-0.15, -0.1) is 0 Å². The average Bonchev–Trinajstić information content (AvgIpc) is 3.63. The van der Waals surface area contributed by atoms with Crippen molar-refractivity contribution < 1.29 is 0 Å². The zero-order valence-electron chi connectivity index (χ0n) is 30.8. The van der Waals surface area contributed by atoms with E-state index < -0.39 is 0 Å². The molecule has 264 valence electrons. The van der Waals surface area contributed by atoms with E-state index in [0.29, 0.717) is 0 Å². The summed E-state index contributed by atoms with van der Waals surface area (Å²) in [5, 5.41) is 2.39. The Morgan fingerprint density at radius 1 is 0.286 bits per heavy atom. The van der Waals surface area contributed by atoms with Gasteiger partial charge in [0.15, 0.2) is 0 Å². The van der Waals surface area contributed by atoms with Gasteiger partial charge in [-0.05, 0) is 64.2 Å². The molecule has 10 rings (SSSR count). The molecular formula is C54H38N2. The minimum Gasteiger partial charge on any atom is -0.309 e. The van der Waals surface area contributed by atoms with Crippen molar-refractivity contribution in [3.63, 3.8) is 0 Å². The second-order valence-corrected chi connectivity index (χ2v) is 14.1. The quantitative estimate of drug-likeness (QED) is 0.152. The Morgan fingerprint density at radius 2 is 0.732 bits per heavy atom. The van der Waals surface area contributed by atoms with Crippen LogP contribution in [0.2, 0.25) is 0 Å². The van der Waals surface area contributed by atoms with Crippen molar-refractivity contribution in [3.8, 4) is 50.2 Å². The lowest BCUT2D eigenvalue weighted by atomic mass is 9.91. The van der Waals surface area contributed by atoms with Crippen LogP contribution in [-0.2, 0) is 0 Å². The summed E-state index contributed by atoms with van der Waals surface area (Å²) in [6, 6.07) is 83.1. The molecule has 0 unspecified atom stereocenters. The third-order valence-electron chi connectivity index (χ3n) is 10.8. The van der Waals surface area contributed by atoms with Gasteiger partial charge in [0.2, 0.25) is 0 Å².